The Morgan fingerprint density at radius 2 is 1.72 bits per heavy atom. The Hall–Kier alpha value is -3.45. The first-order chi connectivity index (χ1) is 14.0. The summed E-state index contributed by atoms with van der Waals surface area (Å²) in [6.07, 6.45) is 0. The fourth-order valence-electron chi connectivity index (χ4n) is 3.00. The molecule has 0 spiro atoms. The predicted molar refractivity (Wildman–Crippen MR) is 115 cm³/mol. The number of thiazole rings is 1. The average molecular weight is 404 g/mol. The third kappa shape index (κ3) is 4.05. The summed E-state index contributed by atoms with van der Waals surface area (Å²) in [5, 5.41) is 9.86. The van der Waals surface area contributed by atoms with Gasteiger partial charge >= 0.3 is 0 Å². The molecule has 1 amide bonds. The van der Waals surface area contributed by atoms with Gasteiger partial charge in [0.05, 0.1) is 11.3 Å². The van der Waals surface area contributed by atoms with Gasteiger partial charge in [0, 0.05) is 23.8 Å². The number of rotatable bonds is 5. The van der Waals surface area contributed by atoms with Crippen molar-refractivity contribution >= 4 is 22.9 Å². The molecule has 29 heavy (non-hydrogen) atoms. The summed E-state index contributed by atoms with van der Waals surface area (Å²) in [6, 6.07) is 16.8. The van der Waals surface area contributed by atoms with Crippen LogP contribution in [0.25, 0.3) is 10.6 Å². The topological polar surface area (TPSA) is 69.0 Å². The second kappa shape index (κ2) is 7.89. The van der Waals surface area contributed by atoms with Crippen molar-refractivity contribution in [2.45, 2.75) is 13.8 Å². The number of ether oxygens (including phenoxy) is 1. The van der Waals surface area contributed by atoms with E-state index < -0.39 is 0 Å². The van der Waals surface area contributed by atoms with Crippen LogP contribution >= 0.6 is 11.3 Å². The highest BCUT2D eigenvalue weighted by atomic mass is 32.1. The first-order valence-electron chi connectivity index (χ1n) is 9.11. The lowest BCUT2D eigenvalue weighted by molar-refractivity contribution is 0.102. The molecule has 1 N–H and O–H groups in total. The number of nitrogens with one attached hydrogen (secondary N) is 1. The van der Waals surface area contributed by atoms with Gasteiger partial charge in [-0.25, -0.2) is 4.98 Å². The van der Waals surface area contributed by atoms with E-state index in [0.29, 0.717) is 17.1 Å². The summed E-state index contributed by atoms with van der Waals surface area (Å²) in [5.74, 6) is 1.22. The van der Waals surface area contributed by atoms with E-state index in [2.05, 4.69) is 15.4 Å². The van der Waals surface area contributed by atoms with E-state index in [4.69, 9.17) is 4.74 Å². The molecule has 0 atom stereocenters. The molecule has 0 radical (unpaired) electrons. The maximum atomic E-state index is 12.6. The quantitative estimate of drug-likeness (QED) is 0.496. The summed E-state index contributed by atoms with van der Waals surface area (Å²) in [5.41, 5.74) is 3.98. The van der Waals surface area contributed by atoms with Crippen molar-refractivity contribution in [1.82, 2.24) is 14.8 Å². The minimum absolute atomic E-state index is 0.247. The second-order valence-corrected chi connectivity index (χ2v) is 7.46. The summed E-state index contributed by atoms with van der Waals surface area (Å²) < 4.78 is 7.59. The molecule has 4 aromatic rings. The van der Waals surface area contributed by atoms with E-state index in [9.17, 15) is 4.79 Å². The summed E-state index contributed by atoms with van der Waals surface area (Å²) >= 11 is 1.44. The maximum absolute atomic E-state index is 12.6. The Bertz CT molecular complexity index is 1150. The molecule has 0 unspecified atom stereocenters. The molecule has 0 saturated carbocycles. The van der Waals surface area contributed by atoms with Crippen molar-refractivity contribution in [3.63, 3.8) is 0 Å². The van der Waals surface area contributed by atoms with E-state index in [0.717, 1.165) is 27.7 Å². The van der Waals surface area contributed by atoms with Crippen molar-refractivity contribution < 1.29 is 9.53 Å². The number of aromatic nitrogens is 3. The first-order valence-corrected chi connectivity index (χ1v) is 9.99. The molecular weight excluding hydrogens is 384 g/mol. The van der Waals surface area contributed by atoms with Gasteiger partial charge in [-0.15, -0.1) is 11.3 Å². The monoisotopic (exact) mass is 404 g/mol. The van der Waals surface area contributed by atoms with Crippen molar-refractivity contribution in [2.24, 2.45) is 7.05 Å². The van der Waals surface area contributed by atoms with Gasteiger partial charge in [0.25, 0.3) is 5.91 Å². The smallest absolute Gasteiger partial charge is 0.275 e. The minimum atomic E-state index is -0.247. The van der Waals surface area contributed by atoms with Crippen LogP contribution in [-0.2, 0) is 7.05 Å². The molecular formula is C22H20N4O2S. The van der Waals surface area contributed by atoms with Gasteiger partial charge in [0.1, 0.15) is 22.2 Å². The van der Waals surface area contributed by atoms with E-state index in [1.54, 1.807) is 17.5 Å². The zero-order valence-electron chi connectivity index (χ0n) is 16.3. The fourth-order valence-corrected chi connectivity index (χ4v) is 3.95. The summed E-state index contributed by atoms with van der Waals surface area (Å²) in [4.78, 5) is 17.1. The second-order valence-electron chi connectivity index (χ2n) is 6.60. The van der Waals surface area contributed by atoms with Crippen LogP contribution in [0.3, 0.4) is 0 Å². The number of para-hydroxylation sites is 1. The Labute approximate surface area is 172 Å². The molecule has 7 heteroatoms. The molecule has 0 saturated heterocycles. The van der Waals surface area contributed by atoms with Gasteiger partial charge in [-0.05, 0) is 50.2 Å². The molecule has 0 bridgehead atoms. The van der Waals surface area contributed by atoms with Crippen LogP contribution in [0.15, 0.2) is 60.0 Å². The zero-order chi connectivity index (χ0) is 20.4. The lowest BCUT2D eigenvalue weighted by atomic mass is 10.2. The number of aryl methyl sites for hydroxylation is 2. The molecule has 2 aromatic heterocycles. The van der Waals surface area contributed by atoms with Gasteiger partial charge in [0.2, 0.25) is 0 Å². The number of hydrogen-bond acceptors (Lipinski definition) is 5. The van der Waals surface area contributed by atoms with Gasteiger partial charge in [-0.3, -0.25) is 9.48 Å². The molecule has 0 aliphatic heterocycles. The zero-order valence-corrected chi connectivity index (χ0v) is 17.2. The molecule has 146 valence electrons. The van der Waals surface area contributed by atoms with E-state index in [-0.39, 0.29) is 5.91 Å². The lowest BCUT2D eigenvalue weighted by Crippen LogP contribution is -2.12. The predicted octanol–water partition coefficient (Wildman–Crippen LogP) is 5.21. The van der Waals surface area contributed by atoms with Crippen molar-refractivity contribution in [3.05, 3.63) is 77.1 Å². The Kier molecular flexibility index (Phi) is 5.14. The summed E-state index contributed by atoms with van der Waals surface area (Å²) in [6.45, 7) is 3.94. The van der Waals surface area contributed by atoms with Crippen LogP contribution in [0.4, 0.5) is 5.69 Å². The van der Waals surface area contributed by atoms with Gasteiger partial charge < -0.3 is 10.1 Å². The molecule has 0 aliphatic rings. The SMILES string of the molecule is Cc1nn(C)c(C)c1-c1nc(C(=O)Nc2ccc(Oc3ccccc3)cc2)cs1. The average Bonchev–Trinajstić information content (AvgIpc) is 3.29. The van der Waals surface area contributed by atoms with Crippen molar-refractivity contribution in [2.75, 3.05) is 5.32 Å². The number of benzene rings is 2. The normalized spacial score (nSPS) is 10.7. The van der Waals surface area contributed by atoms with E-state index in [1.165, 1.54) is 11.3 Å². The number of amides is 1. The third-order valence-corrected chi connectivity index (χ3v) is 5.41. The highest BCUT2D eigenvalue weighted by Crippen LogP contribution is 2.30. The summed E-state index contributed by atoms with van der Waals surface area (Å²) in [7, 11) is 1.90. The number of hydrogen-bond donors (Lipinski definition) is 1. The first kappa shape index (κ1) is 18.9. The Morgan fingerprint density at radius 1 is 1.03 bits per heavy atom. The molecule has 2 heterocycles. The van der Waals surface area contributed by atoms with Crippen LogP contribution in [0, 0.1) is 13.8 Å². The van der Waals surface area contributed by atoms with Crippen molar-refractivity contribution in [3.8, 4) is 22.1 Å². The largest absolute Gasteiger partial charge is 0.457 e. The van der Waals surface area contributed by atoms with Gasteiger partial charge in [0.15, 0.2) is 0 Å². The lowest BCUT2D eigenvalue weighted by Gasteiger charge is -2.07. The third-order valence-electron chi connectivity index (χ3n) is 4.55. The fraction of sp³-hybridized carbons (Fsp3) is 0.136. The molecule has 4 rings (SSSR count). The van der Waals surface area contributed by atoms with Gasteiger partial charge in [-0.1, -0.05) is 18.2 Å². The highest BCUT2D eigenvalue weighted by molar-refractivity contribution is 7.13. The van der Waals surface area contributed by atoms with Crippen LogP contribution < -0.4 is 10.1 Å². The standard InChI is InChI=1S/C22H20N4O2S/c1-14-20(15(2)26(3)25-14)22-24-19(13-29-22)21(27)23-16-9-11-18(12-10-16)28-17-7-5-4-6-8-17/h4-13H,1-3H3,(H,23,27). The molecule has 0 fully saturated rings. The maximum Gasteiger partial charge on any atom is 0.275 e. The minimum Gasteiger partial charge on any atom is -0.457 e. The highest BCUT2D eigenvalue weighted by Gasteiger charge is 2.18. The molecule has 0 aliphatic carbocycles. The molecule has 6 nitrogen and oxygen atoms in total. The Morgan fingerprint density at radius 3 is 2.38 bits per heavy atom. The van der Waals surface area contributed by atoms with Crippen molar-refractivity contribution in [1.29, 1.82) is 0 Å². The van der Waals surface area contributed by atoms with E-state index in [1.807, 2.05) is 68.0 Å². The number of carbonyl (C=O) groups excluding carboxylic acids is 1. The van der Waals surface area contributed by atoms with E-state index >= 15 is 0 Å². The van der Waals surface area contributed by atoms with Gasteiger partial charge in [-0.2, -0.15) is 5.10 Å². The Balaban J connectivity index is 1.45. The number of carbonyl (C=O) groups is 1. The molecule has 2 aromatic carbocycles. The van der Waals surface area contributed by atoms with Crippen LogP contribution in [-0.4, -0.2) is 20.7 Å². The number of anilines is 1. The van der Waals surface area contributed by atoms with Crippen LogP contribution in [0.1, 0.15) is 21.9 Å². The number of nitrogens with zero attached hydrogens (tertiary/aromatic N) is 3. The van der Waals surface area contributed by atoms with Crippen LogP contribution in [0.2, 0.25) is 0 Å². The van der Waals surface area contributed by atoms with Crippen LogP contribution in [0.5, 0.6) is 11.5 Å².